The number of aromatic nitrogens is 7. The molecule has 11 nitrogen and oxygen atoms in total. The fraction of sp³-hybridized carbons (Fsp3) is 0.303. The summed E-state index contributed by atoms with van der Waals surface area (Å²) >= 11 is 6.39. The number of carbonyl (C=O) groups is 2. The SMILES string of the molecule is CCCOC(=O)CC(Cc1ccccc1Cl)NC(=O)c1cc(CCC)n(Cc2ccc(-c3ccccc3-c3nn[nH]n3)nc2)n1. The Balaban J connectivity index is 1.33. The lowest BCUT2D eigenvalue weighted by Crippen LogP contribution is -2.38. The number of hydrogen-bond acceptors (Lipinski definition) is 8. The second kappa shape index (κ2) is 15.2. The molecule has 0 saturated carbocycles. The standard InChI is InChI=1S/C33H35ClN8O3/c1-3-9-25-19-30(33(44)36-24(18-31(43)45-16-4-2)17-23-10-5-8-13-28(23)34)39-42(25)21-22-14-15-29(35-20-22)26-11-6-7-12-27(26)32-37-40-41-38-32/h5-8,10-15,19-20,24H,3-4,9,16-18,21H2,1-2H3,(H,36,44)(H,37,38,40,41). The van der Waals surface area contributed by atoms with E-state index in [0.29, 0.717) is 30.4 Å². The van der Waals surface area contributed by atoms with Crippen LogP contribution in [-0.2, 0) is 28.9 Å². The smallest absolute Gasteiger partial charge is 0.307 e. The Morgan fingerprint density at radius 2 is 1.82 bits per heavy atom. The molecule has 0 radical (unpaired) electrons. The van der Waals surface area contributed by atoms with Gasteiger partial charge in [0.25, 0.3) is 5.91 Å². The molecular formula is C33H35ClN8O3. The largest absolute Gasteiger partial charge is 0.466 e. The Kier molecular flexibility index (Phi) is 10.7. The highest BCUT2D eigenvalue weighted by Crippen LogP contribution is 2.28. The molecule has 0 aliphatic carbocycles. The molecule has 3 aromatic heterocycles. The molecule has 0 saturated heterocycles. The fourth-order valence-electron chi connectivity index (χ4n) is 5.03. The number of tetrazole rings is 1. The molecule has 3 heterocycles. The van der Waals surface area contributed by atoms with E-state index in [2.05, 4.69) is 38.0 Å². The number of pyridine rings is 1. The van der Waals surface area contributed by atoms with Crippen molar-refractivity contribution in [1.29, 1.82) is 0 Å². The zero-order valence-corrected chi connectivity index (χ0v) is 26.0. The van der Waals surface area contributed by atoms with E-state index in [4.69, 9.17) is 21.3 Å². The molecule has 0 bridgehead atoms. The Morgan fingerprint density at radius 3 is 2.53 bits per heavy atom. The van der Waals surface area contributed by atoms with Crippen LogP contribution in [0.15, 0.2) is 72.9 Å². The summed E-state index contributed by atoms with van der Waals surface area (Å²) in [6, 6.07) is 20.4. The molecule has 45 heavy (non-hydrogen) atoms. The first-order chi connectivity index (χ1) is 21.9. The summed E-state index contributed by atoms with van der Waals surface area (Å²) in [7, 11) is 0. The maximum absolute atomic E-state index is 13.5. The number of aryl methyl sites for hydroxylation is 1. The summed E-state index contributed by atoms with van der Waals surface area (Å²) in [5, 5.41) is 22.6. The number of ether oxygens (including phenoxy) is 1. The number of nitrogens with zero attached hydrogens (tertiary/aromatic N) is 6. The minimum absolute atomic E-state index is 0.0212. The lowest BCUT2D eigenvalue weighted by atomic mass is 10.0. The summed E-state index contributed by atoms with van der Waals surface area (Å²) in [6.07, 6.45) is 4.56. The van der Waals surface area contributed by atoms with Gasteiger partial charge in [0.15, 0.2) is 0 Å². The Bertz CT molecular complexity index is 1720. The molecule has 0 aliphatic heterocycles. The minimum atomic E-state index is -0.520. The molecule has 0 spiro atoms. The van der Waals surface area contributed by atoms with Gasteiger partial charge in [0.1, 0.15) is 5.69 Å². The Morgan fingerprint density at radius 1 is 1.02 bits per heavy atom. The first-order valence-corrected chi connectivity index (χ1v) is 15.4. The molecule has 0 aliphatic rings. The van der Waals surface area contributed by atoms with Crippen LogP contribution in [0.4, 0.5) is 0 Å². The number of H-pyrrole nitrogens is 1. The van der Waals surface area contributed by atoms with Crippen molar-refractivity contribution in [2.75, 3.05) is 6.61 Å². The van der Waals surface area contributed by atoms with Crippen molar-refractivity contribution < 1.29 is 14.3 Å². The number of aromatic amines is 1. The molecule has 5 aromatic rings. The number of nitrogens with one attached hydrogen (secondary N) is 2. The average Bonchev–Trinajstić information content (AvgIpc) is 3.73. The van der Waals surface area contributed by atoms with Gasteiger partial charge in [0.05, 0.1) is 25.3 Å². The van der Waals surface area contributed by atoms with Gasteiger partial charge in [0, 0.05) is 34.1 Å². The number of amides is 1. The Hall–Kier alpha value is -4.90. The van der Waals surface area contributed by atoms with Crippen molar-refractivity contribution in [2.45, 2.75) is 58.5 Å². The van der Waals surface area contributed by atoms with Crippen LogP contribution in [0.3, 0.4) is 0 Å². The zero-order chi connectivity index (χ0) is 31.6. The predicted molar refractivity (Wildman–Crippen MR) is 170 cm³/mol. The number of benzene rings is 2. The van der Waals surface area contributed by atoms with E-state index in [1.54, 1.807) is 12.3 Å². The molecule has 0 fully saturated rings. The summed E-state index contributed by atoms with van der Waals surface area (Å²) < 4.78 is 7.14. The molecule has 2 aromatic carbocycles. The van der Waals surface area contributed by atoms with Crippen LogP contribution in [-0.4, -0.2) is 59.9 Å². The monoisotopic (exact) mass is 626 g/mol. The maximum Gasteiger partial charge on any atom is 0.307 e. The second-order valence-electron chi connectivity index (χ2n) is 10.7. The van der Waals surface area contributed by atoms with Crippen molar-refractivity contribution in [1.82, 2.24) is 40.7 Å². The van der Waals surface area contributed by atoms with Gasteiger partial charge in [-0.15, -0.1) is 10.2 Å². The van der Waals surface area contributed by atoms with Crippen LogP contribution in [0.25, 0.3) is 22.6 Å². The lowest BCUT2D eigenvalue weighted by Gasteiger charge is -2.18. The predicted octanol–water partition coefficient (Wildman–Crippen LogP) is 5.46. The molecule has 1 amide bonds. The van der Waals surface area contributed by atoms with Gasteiger partial charge in [-0.25, -0.2) is 0 Å². The lowest BCUT2D eigenvalue weighted by molar-refractivity contribution is -0.144. The fourth-order valence-corrected chi connectivity index (χ4v) is 5.24. The highest BCUT2D eigenvalue weighted by molar-refractivity contribution is 6.31. The van der Waals surface area contributed by atoms with E-state index in [9.17, 15) is 9.59 Å². The summed E-state index contributed by atoms with van der Waals surface area (Å²) in [5.74, 6) is -0.241. The highest BCUT2D eigenvalue weighted by Gasteiger charge is 2.22. The summed E-state index contributed by atoms with van der Waals surface area (Å²) in [4.78, 5) is 30.7. The quantitative estimate of drug-likeness (QED) is 0.155. The number of halogens is 1. The first-order valence-electron chi connectivity index (χ1n) is 15.0. The third-order valence-corrected chi connectivity index (χ3v) is 7.56. The molecule has 232 valence electrons. The third-order valence-electron chi connectivity index (χ3n) is 7.19. The van der Waals surface area contributed by atoms with Crippen molar-refractivity contribution in [2.24, 2.45) is 0 Å². The number of carbonyl (C=O) groups excluding carboxylic acids is 2. The van der Waals surface area contributed by atoms with Crippen molar-refractivity contribution in [3.05, 3.63) is 100 Å². The van der Waals surface area contributed by atoms with E-state index >= 15 is 0 Å². The van der Waals surface area contributed by atoms with Gasteiger partial charge >= 0.3 is 5.97 Å². The molecular weight excluding hydrogens is 592 g/mol. The van der Waals surface area contributed by atoms with Gasteiger partial charge in [-0.05, 0) is 53.8 Å². The topological polar surface area (TPSA) is 141 Å². The van der Waals surface area contributed by atoms with Gasteiger partial charge in [-0.2, -0.15) is 10.3 Å². The van der Waals surface area contributed by atoms with Crippen molar-refractivity contribution in [3.63, 3.8) is 0 Å². The minimum Gasteiger partial charge on any atom is -0.466 e. The number of hydrogen-bond donors (Lipinski definition) is 2. The Labute approximate surface area is 266 Å². The van der Waals surface area contributed by atoms with E-state index in [1.807, 2.05) is 72.3 Å². The number of esters is 1. The van der Waals surface area contributed by atoms with Gasteiger partial charge < -0.3 is 10.1 Å². The van der Waals surface area contributed by atoms with Crippen molar-refractivity contribution in [3.8, 4) is 22.6 Å². The maximum atomic E-state index is 13.5. The van der Waals surface area contributed by atoms with Crippen molar-refractivity contribution >= 4 is 23.5 Å². The summed E-state index contributed by atoms with van der Waals surface area (Å²) in [5.41, 5.74) is 5.46. The van der Waals surface area contributed by atoms with Crippen LogP contribution in [0.5, 0.6) is 0 Å². The molecule has 1 atom stereocenters. The van der Waals surface area contributed by atoms with Gasteiger partial charge in [-0.1, -0.05) is 80.4 Å². The van der Waals surface area contributed by atoms with Gasteiger partial charge in [-0.3, -0.25) is 19.3 Å². The first kappa shape index (κ1) is 31.5. The van der Waals surface area contributed by atoms with Crippen LogP contribution < -0.4 is 5.32 Å². The molecule has 1 unspecified atom stereocenters. The molecule has 12 heteroatoms. The average molecular weight is 627 g/mol. The second-order valence-corrected chi connectivity index (χ2v) is 11.1. The van der Waals surface area contributed by atoms with Crippen LogP contribution in [0.1, 0.15) is 60.4 Å². The number of rotatable bonds is 14. The van der Waals surface area contributed by atoms with Crippen LogP contribution >= 0.6 is 11.6 Å². The normalized spacial score (nSPS) is 11.7. The van der Waals surface area contributed by atoms with E-state index in [-0.39, 0.29) is 24.0 Å². The third kappa shape index (κ3) is 8.18. The van der Waals surface area contributed by atoms with Gasteiger partial charge in [0.2, 0.25) is 5.82 Å². The summed E-state index contributed by atoms with van der Waals surface area (Å²) in [6.45, 7) is 4.78. The van der Waals surface area contributed by atoms with E-state index < -0.39 is 6.04 Å². The zero-order valence-electron chi connectivity index (χ0n) is 25.2. The van der Waals surface area contributed by atoms with Crippen LogP contribution in [0.2, 0.25) is 5.02 Å². The molecule has 5 rings (SSSR count). The molecule has 2 N–H and O–H groups in total. The van der Waals surface area contributed by atoms with Crippen LogP contribution in [0, 0.1) is 0 Å². The highest BCUT2D eigenvalue weighted by atomic mass is 35.5. The van der Waals surface area contributed by atoms with E-state index in [1.165, 1.54) is 0 Å². The van der Waals surface area contributed by atoms with E-state index in [0.717, 1.165) is 52.9 Å².